The highest BCUT2D eigenvalue weighted by Gasteiger charge is 2.30. The lowest BCUT2D eigenvalue weighted by atomic mass is 10.2. The summed E-state index contributed by atoms with van der Waals surface area (Å²) in [5.74, 6) is -0.301. The van der Waals surface area contributed by atoms with Gasteiger partial charge in [-0.3, -0.25) is 9.48 Å². The van der Waals surface area contributed by atoms with Gasteiger partial charge in [-0.1, -0.05) is 0 Å². The fourth-order valence-electron chi connectivity index (χ4n) is 2.22. The van der Waals surface area contributed by atoms with Gasteiger partial charge in [0.15, 0.2) is 0 Å². The molecule has 118 valence electrons. The Morgan fingerprint density at radius 2 is 1.86 bits per heavy atom. The second-order valence-electron chi connectivity index (χ2n) is 4.89. The van der Waals surface area contributed by atoms with E-state index >= 15 is 0 Å². The smallest absolute Gasteiger partial charge is 0.307 e. The van der Waals surface area contributed by atoms with Crippen molar-refractivity contribution < 1.29 is 18.0 Å². The highest BCUT2D eigenvalue weighted by molar-refractivity contribution is 6.05. The van der Waals surface area contributed by atoms with Crippen LogP contribution in [0, 0.1) is 6.92 Å². The van der Waals surface area contributed by atoms with Gasteiger partial charge in [0.25, 0.3) is 5.91 Å². The molecule has 7 heteroatoms. The number of hydrogen-bond acceptors (Lipinski definition) is 2. The molecule has 0 fully saturated rings. The summed E-state index contributed by atoms with van der Waals surface area (Å²) in [4.78, 5) is 13.9. The van der Waals surface area contributed by atoms with Crippen LogP contribution in [-0.4, -0.2) is 22.2 Å². The van der Waals surface area contributed by atoms with Crippen LogP contribution >= 0.6 is 0 Å². The lowest BCUT2D eigenvalue weighted by Crippen LogP contribution is -2.32. The topological polar surface area (TPSA) is 38.1 Å². The number of rotatable bonds is 3. The molecule has 0 radical (unpaired) electrons. The summed E-state index contributed by atoms with van der Waals surface area (Å²) in [5, 5.41) is 4.11. The molecule has 0 aliphatic rings. The molecule has 0 bridgehead atoms. The van der Waals surface area contributed by atoms with Crippen LogP contribution < -0.4 is 4.90 Å². The van der Waals surface area contributed by atoms with Crippen LogP contribution in [0.4, 0.5) is 18.9 Å². The van der Waals surface area contributed by atoms with E-state index in [1.807, 2.05) is 0 Å². The van der Waals surface area contributed by atoms with Crippen molar-refractivity contribution in [2.24, 2.45) is 7.05 Å². The second-order valence-corrected chi connectivity index (χ2v) is 4.89. The Morgan fingerprint density at radius 1 is 1.27 bits per heavy atom. The van der Waals surface area contributed by atoms with Crippen molar-refractivity contribution >= 4 is 11.6 Å². The van der Waals surface area contributed by atoms with Crippen molar-refractivity contribution in [3.8, 4) is 0 Å². The minimum atomic E-state index is -4.39. The van der Waals surface area contributed by atoms with Gasteiger partial charge in [-0.05, 0) is 44.2 Å². The SMILES string of the molecule is CCN(C(=O)c1cc(C)nn1C)c1ccc(C(F)(F)F)cc1. The van der Waals surface area contributed by atoms with Gasteiger partial charge in [-0.2, -0.15) is 18.3 Å². The average molecular weight is 311 g/mol. The Balaban J connectivity index is 2.32. The van der Waals surface area contributed by atoms with Crippen LogP contribution in [0.3, 0.4) is 0 Å². The summed E-state index contributed by atoms with van der Waals surface area (Å²) in [5.41, 5.74) is 0.768. The number of amides is 1. The van der Waals surface area contributed by atoms with Gasteiger partial charge in [-0.25, -0.2) is 0 Å². The number of alkyl halides is 3. The summed E-state index contributed by atoms with van der Waals surface area (Å²) in [6.07, 6.45) is -4.39. The molecule has 0 saturated carbocycles. The number of nitrogens with zero attached hydrogens (tertiary/aromatic N) is 3. The molecule has 1 aromatic heterocycles. The standard InChI is InChI=1S/C15H16F3N3O/c1-4-21(14(22)13-9-10(2)19-20(13)3)12-7-5-11(6-8-12)15(16,17)18/h5-9H,4H2,1-3H3. The summed E-state index contributed by atoms with van der Waals surface area (Å²) in [7, 11) is 1.65. The molecule has 0 atom stereocenters. The van der Waals surface area contributed by atoms with Crippen LogP contribution in [0.1, 0.15) is 28.7 Å². The lowest BCUT2D eigenvalue weighted by Gasteiger charge is -2.21. The number of benzene rings is 1. The van der Waals surface area contributed by atoms with Gasteiger partial charge in [-0.15, -0.1) is 0 Å². The molecule has 0 saturated heterocycles. The van der Waals surface area contributed by atoms with E-state index in [4.69, 9.17) is 0 Å². The van der Waals surface area contributed by atoms with E-state index in [2.05, 4.69) is 5.10 Å². The van der Waals surface area contributed by atoms with Gasteiger partial charge in [0.1, 0.15) is 5.69 Å². The zero-order valence-electron chi connectivity index (χ0n) is 12.5. The maximum absolute atomic E-state index is 12.6. The number of carbonyl (C=O) groups is 1. The Kier molecular flexibility index (Phi) is 4.25. The average Bonchev–Trinajstić information content (AvgIpc) is 2.78. The predicted molar refractivity (Wildman–Crippen MR) is 76.7 cm³/mol. The van der Waals surface area contributed by atoms with Crippen LogP contribution in [0.15, 0.2) is 30.3 Å². The van der Waals surface area contributed by atoms with Gasteiger partial charge < -0.3 is 4.90 Å². The number of aryl methyl sites for hydroxylation is 2. The fourth-order valence-corrected chi connectivity index (χ4v) is 2.22. The van der Waals surface area contributed by atoms with E-state index in [-0.39, 0.29) is 5.91 Å². The second kappa shape index (κ2) is 5.82. The minimum absolute atomic E-state index is 0.301. The Labute approximate surface area is 126 Å². The van der Waals surface area contributed by atoms with E-state index in [9.17, 15) is 18.0 Å². The predicted octanol–water partition coefficient (Wildman–Crippen LogP) is 3.41. The van der Waals surface area contributed by atoms with Gasteiger partial charge in [0.05, 0.1) is 11.3 Å². The molecule has 2 aromatic rings. The number of halogens is 3. The van der Waals surface area contributed by atoms with E-state index in [1.165, 1.54) is 21.7 Å². The van der Waals surface area contributed by atoms with Crippen molar-refractivity contribution in [2.45, 2.75) is 20.0 Å². The monoisotopic (exact) mass is 311 g/mol. The van der Waals surface area contributed by atoms with Crippen molar-refractivity contribution in [2.75, 3.05) is 11.4 Å². The van der Waals surface area contributed by atoms with E-state index in [0.29, 0.717) is 23.6 Å². The molecule has 1 aromatic carbocycles. The quantitative estimate of drug-likeness (QED) is 0.871. The molecular formula is C15H16F3N3O. The first-order chi connectivity index (χ1) is 10.2. The molecule has 0 N–H and O–H groups in total. The maximum Gasteiger partial charge on any atom is 0.416 e. The first-order valence-electron chi connectivity index (χ1n) is 6.73. The van der Waals surface area contributed by atoms with Crippen LogP contribution in [0.25, 0.3) is 0 Å². The molecule has 22 heavy (non-hydrogen) atoms. The molecule has 1 amide bonds. The molecular weight excluding hydrogens is 295 g/mol. The highest BCUT2D eigenvalue weighted by atomic mass is 19.4. The summed E-state index contributed by atoms with van der Waals surface area (Å²) in [6.45, 7) is 3.87. The van der Waals surface area contributed by atoms with Gasteiger partial charge in [0, 0.05) is 19.3 Å². The van der Waals surface area contributed by atoms with Crippen molar-refractivity contribution in [1.82, 2.24) is 9.78 Å². The highest BCUT2D eigenvalue weighted by Crippen LogP contribution is 2.30. The minimum Gasteiger partial charge on any atom is -0.307 e. The molecule has 0 aliphatic carbocycles. The van der Waals surface area contributed by atoms with E-state index in [0.717, 1.165) is 12.1 Å². The maximum atomic E-state index is 12.6. The van der Waals surface area contributed by atoms with E-state index in [1.54, 1.807) is 27.0 Å². The van der Waals surface area contributed by atoms with Crippen LogP contribution in [0.2, 0.25) is 0 Å². The van der Waals surface area contributed by atoms with Crippen molar-refractivity contribution in [1.29, 1.82) is 0 Å². The molecule has 2 rings (SSSR count). The molecule has 1 heterocycles. The molecule has 0 unspecified atom stereocenters. The molecule has 0 spiro atoms. The third-order valence-corrected chi connectivity index (χ3v) is 3.29. The summed E-state index contributed by atoms with van der Waals surface area (Å²) >= 11 is 0. The normalized spacial score (nSPS) is 11.5. The first-order valence-corrected chi connectivity index (χ1v) is 6.73. The number of carbonyl (C=O) groups excluding carboxylic acids is 1. The van der Waals surface area contributed by atoms with Crippen molar-refractivity contribution in [3.63, 3.8) is 0 Å². The first kappa shape index (κ1) is 16.1. The van der Waals surface area contributed by atoms with E-state index < -0.39 is 11.7 Å². The van der Waals surface area contributed by atoms with Crippen molar-refractivity contribution in [3.05, 3.63) is 47.3 Å². The third kappa shape index (κ3) is 3.13. The number of anilines is 1. The summed E-state index contributed by atoms with van der Waals surface area (Å²) in [6, 6.07) is 6.19. The lowest BCUT2D eigenvalue weighted by molar-refractivity contribution is -0.137. The Morgan fingerprint density at radius 3 is 2.27 bits per heavy atom. The molecule has 4 nitrogen and oxygen atoms in total. The Bertz CT molecular complexity index is 674. The van der Waals surface area contributed by atoms with Gasteiger partial charge >= 0.3 is 6.18 Å². The fraction of sp³-hybridized carbons (Fsp3) is 0.333. The zero-order valence-corrected chi connectivity index (χ0v) is 12.5. The number of hydrogen-bond donors (Lipinski definition) is 0. The third-order valence-electron chi connectivity index (χ3n) is 3.29. The van der Waals surface area contributed by atoms with Gasteiger partial charge in [0.2, 0.25) is 0 Å². The van der Waals surface area contributed by atoms with Crippen LogP contribution in [0.5, 0.6) is 0 Å². The zero-order chi connectivity index (χ0) is 16.5. The largest absolute Gasteiger partial charge is 0.416 e. The Hall–Kier alpha value is -2.31. The van der Waals surface area contributed by atoms with Crippen LogP contribution in [-0.2, 0) is 13.2 Å². The summed E-state index contributed by atoms with van der Waals surface area (Å²) < 4.78 is 39.2. The number of aromatic nitrogens is 2. The molecule has 0 aliphatic heterocycles.